The molecule has 37 heavy (non-hydrogen) atoms. The van der Waals surface area contributed by atoms with E-state index in [4.69, 9.17) is 10.8 Å². The lowest BCUT2D eigenvalue weighted by molar-refractivity contribution is -0.144. The van der Waals surface area contributed by atoms with Crippen molar-refractivity contribution in [1.82, 2.24) is 20.9 Å². The highest BCUT2D eigenvalue weighted by molar-refractivity contribution is 7.80. The zero-order chi connectivity index (χ0) is 27.7. The standard InChI is InChI=1S/C22H27N5O9S/c23-12(9-37)19(32)25-14(6-17(28)29)20(33)26-15(7-18(30)31)21(34)27-16(22(35)36)5-10-8-24-13-4-2-1-3-11(10)13/h1-4,8,12,14-16,24,37H,5-7,9,23H2,(H,25,32)(H,26,33)(H,27,34)(H,28,29)(H,30,31)(H,35,36). The first-order valence-corrected chi connectivity index (χ1v) is 11.5. The van der Waals surface area contributed by atoms with Gasteiger partial charge < -0.3 is 42.0 Å². The van der Waals surface area contributed by atoms with E-state index in [1.807, 2.05) is 0 Å². The van der Waals surface area contributed by atoms with Gasteiger partial charge in [0.05, 0.1) is 18.9 Å². The number of carboxylic acid groups (broad SMARTS) is 3. The normalized spacial score (nSPS) is 14.1. The Labute approximate surface area is 215 Å². The van der Waals surface area contributed by atoms with Crippen LogP contribution in [0.4, 0.5) is 0 Å². The minimum Gasteiger partial charge on any atom is -0.481 e. The lowest BCUT2D eigenvalue weighted by atomic mass is 10.0. The number of aliphatic carboxylic acids is 3. The predicted molar refractivity (Wildman–Crippen MR) is 132 cm³/mol. The summed E-state index contributed by atoms with van der Waals surface area (Å²) < 4.78 is 0. The largest absolute Gasteiger partial charge is 0.481 e. The number of fused-ring (bicyclic) bond motifs is 1. The Balaban J connectivity index is 2.20. The van der Waals surface area contributed by atoms with Crippen molar-refractivity contribution >= 4 is 59.2 Å². The molecule has 0 saturated heterocycles. The lowest BCUT2D eigenvalue weighted by Gasteiger charge is -2.23. The predicted octanol–water partition coefficient (Wildman–Crippen LogP) is -1.54. The molecule has 0 spiro atoms. The van der Waals surface area contributed by atoms with Crippen LogP contribution < -0.4 is 21.7 Å². The zero-order valence-electron chi connectivity index (χ0n) is 19.3. The maximum atomic E-state index is 12.8. The highest BCUT2D eigenvalue weighted by Crippen LogP contribution is 2.19. The molecule has 1 aromatic heterocycles. The third-order valence-electron chi connectivity index (χ3n) is 5.27. The average Bonchev–Trinajstić information content (AvgIpc) is 3.24. The van der Waals surface area contributed by atoms with Crippen molar-refractivity contribution in [3.05, 3.63) is 36.0 Å². The summed E-state index contributed by atoms with van der Waals surface area (Å²) in [5.41, 5.74) is 6.84. The quantitative estimate of drug-likeness (QED) is 0.126. The van der Waals surface area contributed by atoms with E-state index >= 15 is 0 Å². The van der Waals surface area contributed by atoms with Gasteiger partial charge in [-0.25, -0.2) is 4.79 Å². The van der Waals surface area contributed by atoms with E-state index in [1.165, 1.54) is 0 Å². The van der Waals surface area contributed by atoms with Crippen LogP contribution in [0, 0.1) is 0 Å². The van der Waals surface area contributed by atoms with E-state index in [0.717, 1.165) is 10.9 Å². The Kier molecular flexibility index (Phi) is 10.4. The molecule has 1 aromatic carbocycles. The van der Waals surface area contributed by atoms with Crippen LogP contribution in [0.3, 0.4) is 0 Å². The van der Waals surface area contributed by atoms with E-state index in [-0.39, 0.29) is 12.2 Å². The van der Waals surface area contributed by atoms with Crippen LogP contribution in [0.15, 0.2) is 30.5 Å². The summed E-state index contributed by atoms with van der Waals surface area (Å²) in [5, 5.41) is 35.1. The van der Waals surface area contributed by atoms with Gasteiger partial charge in [-0.3, -0.25) is 24.0 Å². The number of carbonyl (C=O) groups excluding carboxylic acids is 3. The van der Waals surface area contributed by atoms with Crippen molar-refractivity contribution in [3.8, 4) is 0 Å². The molecule has 3 amide bonds. The Bertz CT molecular complexity index is 1180. The van der Waals surface area contributed by atoms with E-state index in [1.54, 1.807) is 30.5 Å². The molecular weight excluding hydrogens is 510 g/mol. The second-order valence-corrected chi connectivity index (χ2v) is 8.44. The topological polar surface area (TPSA) is 241 Å². The molecular formula is C22H27N5O9S. The maximum absolute atomic E-state index is 12.8. The first kappa shape index (κ1) is 29.1. The molecule has 15 heteroatoms. The second-order valence-electron chi connectivity index (χ2n) is 8.07. The highest BCUT2D eigenvalue weighted by Gasteiger charge is 2.32. The molecule has 2 rings (SSSR count). The highest BCUT2D eigenvalue weighted by atomic mass is 32.1. The fourth-order valence-corrected chi connectivity index (χ4v) is 3.56. The first-order chi connectivity index (χ1) is 17.4. The van der Waals surface area contributed by atoms with Crippen LogP contribution in [-0.2, 0) is 35.2 Å². The van der Waals surface area contributed by atoms with Crippen molar-refractivity contribution < 1.29 is 44.1 Å². The lowest BCUT2D eigenvalue weighted by Crippen LogP contribution is -2.58. The molecule has 1 heterocycles. The second kappa shape index (κ2) is 13.3. The summed E-state index contributed by atoms with van der Waals surface area (Å²) >= 11 is 3.85. The number of carbonyl (C=O) groups is 6. The van der Waals surface area contributed by atoms with Gasteiger partial charge in [-0.1, -0.05) is 18.2 Å². The number of hydrogen-bond donors (Lipinski definition) is 9. The van der Waals surface area contributed by atoms with E-state index in [9.17, 15) is 39.0 Å². The van der Waals surface area contributed by atoms with Crippen LogP contribution in [0.1, 0.15) is 18.4 Å². The minimum absolute atomic E-state index is 0.107. The van der Waals surface area contributed by atoms with Crippen LogP contribution in [0.2, 0.25) is 0 Å². The number of thiol groups is 1. The molecule has 4 atom stereocenters. The van der Waals surface area contributed by atoms with Gasteiger partial charge in [-0.15, -0.1) is 0 Å². The third kappa shape index (κ3) is 8.50. The van der Waals surface area contributed by atoms with E-state index in [2.05, 4.69) is 33.6 Å². The SMILES string of the molecule is NC(CS)C(=O)NC(CC(=O)O)C(=O)NC(CC(=O)O)C(=O)NC(Cc1c[nH]c2ccccc12)C(=O)O. The number of rotatable bonds is 14. The van der Waals surface area contributed by atoms with Gasteiger partial charge in [0.2, 0.25) is 17.7 Å². The number of aromatic amines is 1. The smallest absolute Gasteiger partial charge is 0.326 e. The summed E-state index contributed by atoms with van der Waals surface area (Å²) in [6.45, 7) is 0. The van der Waals surface area contributed by atoms with Crippen molar-refractivity contribution in [2.24, 2.45) is 5.73 Å². The van der Waals surface area contributed by atoms with Crippen molar-refractivity contribution in [2.75, 3.05) is 5.75 Å². The van der Waals surface area contributed by atoms with Gasteiger partial charge in [-0.05, 0) is 11.6 Å². The number of hydrogen-bond acceptors (Lipinski definition) is 8. The maximum Gasteiger partial charge on any atom is 0.326 e. The Morgan fingerprint density at radius 1 is 0.838 bits per heavy atom. The Morgan fingerprint density at radius 2 is 1.35 bits per heavy atom. The number of nitrogens with one attached hydrogen (secondary N) is 4. The summed E-state index contributed by atoms with van der Waals surface area (Å²) in [6, 6.07) is 0.955. The van der Waals surface area contributed by atoms with Gasteiger partial charge in [0, 0.05) is 29.3 Å². The third-order valence-corrected chi connectivity index (χ3v) is 5.66. The summed E-state index contributed by atoms with van der Waals surface area (Å²) in [5.74, 6) is -7.67. The van der Waals surface area contributed by atoms with Gasteiger partial charge in [0.25, 0.3) is 0 Å². The number of amides is 3. The molecule has 0 saturated carbocycles. The molecule has 0 radical (unpaired) electrons. The Hall–Kier alpha value is -4.11. The molecule has 0 aliphatic rings. The molecule has 0 aliphatic heterocycles. The molecule has 2 aromatic rings. The fourth-order valence-electron chi connectivity index (χ4n) is 3.39. The zero-order valence-corrected chi connectivity index (χ0v) is 20.2. The summed E-state index contributed by atoms with van der Waals surface area (Å²) in [6.07, 6.45) is -0.409. The van der Waals surface area contributed by atoms with Crippen LogP contribution in [-0.4, -0.2) is 85.9 Å². The molecule has 9 N–H and O–H groups in total. The van der Waals surface area contributed by atoms with Crippen LogP contribution in [0.25, 0.3) is 10.9 Å². The molecule has 0 aliphatic carbocycles. The molecule has 14 nitrogen and oxygen atoms in total. The van der Waals surface area contributed by atoms with E-state index < -0.39 is 72.6 Å². The number of carboxylic acids is 3. The van der Waals surface area contributed by atoms with Crippen molar-refractivity contribution in [3.63, 3.8) is 0 Å². The molecule has 200 valence electrons. The summed E-state index contributed by atoms with van der Waals surface area (Å²) in [7, 11) is 0. The van der Waals surface area contributed by atoms with Crippen molar-refractivity contribution in [1.29, 1.82) is 0 Å². The van der Waals surface area contributed by atoms with Crippen LogP contribution in [0.5, 0.6) is 0 Å². The monoisotopic (exact) mass is 537 g/mol. The van der Waals surface area contributed by atoms with Crippen molar-refractivity contribution in [2.45, 2.75) is 43.4 Å². The Morgan fingerprint density at radius 3 is 1.86 bits per heavy atom. The van der Waals surface area contributed by atoms with Gasteiger partial charge >= 0.3 is 17.9 Å². The molecule has 0 bridgehead atoms. The van der Waals surface area contributed by atoms with Gasteiger partial charge in [0.15, 0.2) is 0 Å². The fraction of sp³-hybridized carbons (Fsp3) is 0.364. The van der Waals surface area contributed by atoms with Gasteiger partial charge in [-0.2, -0.15) is 12.6 Å². The first-order valence-electron chi connectivity index (χ1n) is 10.9. The van der Waals surface area contributed by atoms with Gasteiger partial charge in [0.1, 0.15) is 18.1 Å². The number of aromatic nitrogens is 1. The summed E-state index contributed by atoms with van der Waals surface area (Å²) in [4.78, 5) is 74.9. The van der Waals surface area contributed by atoms with E-state index in [0.29, 0.717) is 5.56 Å². The van der Waals surface area contributed by atoms with Crippen LogP contribution >= 0.6 is 12.6 Å². The minimum atomic E-state index is -1.78. The number of para-hydroxylation sites is 1. The molecule has 4 unspecified atom stereocenters. The number of H-pyrrole nitrogens is 1. The average molecular weight is 538 g/mol. The number of nitrogens with two attached hydrogens (primary N) is 1. The molecule has 0 fully saturated rings. The number of benzene rings is 1.